The van der Waals surface area contributed by atoms with Crippen LogP contribution in [0.25, 0.3) is 0 Å². The number of phenols is 1. The Kier molecular flexibility index (Phi) is 5.59. The van der Waals surface area contributed by atoms with Gasteiger partial charge in [-0.25, -0.2) is 4.79 Å². The number of carbonyl (C=O) groups is 1. The summed E-state index contributed by atoms with van der Waals surface area (Å²) < 4.78 is 31.2. The van der Waals surface area contributed by atoms with E-state index in [9.17, 15) is 18.7 Å². The van der Waals surface area contributed by atoms with E-state index in [1.807, 2.05) is 0 Å². The van der Waals surface area contributed by atoms with E-state index in [1.165, 1.54) is 0 Å². The predicted molar refractivity (Wildman–Crippen MR) is 73.0 cm³/mol. The molecular weight excluding hydrogens is 313 g/mol. The Morgan fingerprint density at radius 3 is 2.55 bits per heavy atom. The fraction of sp³-hybridized carbons (Fsp3) is 0.462. The summed E-state index contributed by atoms with van der Waals surface area (Å²) >= 11 is 10.6. The molecule has 0 fully saturated rings. The van der Waals surface area contributed by atoms with E-state index < -0.39 is 28.2 Å². The minimum atomic E-state index is -3.78. The van der Waals surface area contributed by atoms with Crippen molar-refractivity contribution in [3.8, 4) is 5.75 Å². The van der Waals surface area contributed by atoms with Crippen molar-refractivity contribution >= 4 is 29.2 Å². The second-order valence-corrected chi connectivity index (χ2v) is 5.08. The van der Waals surface area contributed by atoms with Crippen LogP contribution in [0, 0.1) is 6.92 Å². The Labute approximate surface area is 125 Å². The Bertz CT molecular complexity index is 513. The van der Waals surface area contributed by atoms with Crippen LogP contribution in [-0.2, 0) is 16.5 Å². The van der Waals surface area contributed by atoms with Crippen LogP contribution < -0.4 is 0 Å². The molecule has 0 aliphatic rings. The monoisotopic (exact) mass is 326 g/mol. The van der Waals surface area contributed by atoms with Crippen molar-refractivity contribution in [3.05, 3.63) is 28.3 Å². The summed E-state index contributed by atoms with van der Waals surface area (Å²) in [5, 5.41) is 6.33. The van der Waals surface area contributed by atoms with Gasteiger partial charge in [-0.1, -0.05) is 0 Å². The number of benzene rings is 1. The predicted octanol–water partition coefficient (Wildman–Crippen LogP) is 3.95. The molecule has 7 heteroatoms. The molecule has 0 amide bonds. The summed E-state index contributed by atoms with van der Waals surface area (Å²) in [5.74, 6) is -1.25. The first-order chi connectivity index (χ1) is 9.23. The van der Waals surface area contributed by atoms with Gasteiger partial charge < -0.3 is 9.84 Å². The van der Waals surface area contributed by atoms with E-state index in [2.05, 4.69) is 4.74 Å². The van der Waals surface area contributed by atoms with Gasteiger partial charge in [-0.3, -0.25) is 0 Å². The van der Waals surface area contributed by atoms with Gasteiger partial charge in [-0.05, 0) is 48.6 Å². The molecule has 0 unspecified atom stereocenters. The van der Waals surface area contributed by atoms with Crippen LogP contribution in [0.5, 0.6) is 5.75 Å². The van der Waals surface area contributed by atoms with Gasteiger partial charge in [0.15, 0.2) is 0 Å². The van der Waals surface area contributed by atoms with E-state index >= 15 is 0 Å². The molecule has 0 aliphatic carbocycles. The number of carbonyl (C=O) groups excluding carboxylic acids is 1. The first kappa shape index (κ1) is 17.0. The van der Waals surface area contributed by atoms with E-state index in [0.29, 0.717) is 29.8 Å². The van der Waals surface area contributed by atoms with E-state index in [4.69, 9.17) is 23.2 Å². The number of aryl methyl sites for hydroxylation is 1. The fourth-order valence-corrected chi connectivity index (χ4v) is 2.22. The number of esters is 1. The highest BCUT2D eigenvalue weighted by molar-refractivity contribution is 6.22. The number of phenolic OH excluding ortho intramolecular Hbond substituents is 1. The summed E-state index contributed by atoms with van der Waals surface area (Å²) in [5.41, 5.74) is -0.579. The standard InChI is InChI=1S/C13H14Cl2F2O3/c1-7-6-9(13(15,16)17)10(12(19)20-2)11(18)8(7)4-3-5-14/h6,18H,3-5H2,1-2H3. The maximum Gasteiger partial charge on any atom is 0.349 e. The van der Waals surface area contributed by atoms with Gasteiger partial charge in [0.1, 0.15) is 11.3 Å². The Morgan fingerprint density at radius 2 is 2.10 bits per heavy atom. The molecule has 0 saturated carbocycles. The molecule has 0 aromatic heterocycles. The number of hydrogen-bond donors (Lipinski definition) is 1. The zero-order valence-corrected chi connectivity index (χ0v) is 12.5. The van der Waals surface area contributed by atoms with E-state index in [-0.39, 0.29) is 0 Å². The van der Waals surface area contributed by atoms with Crippen LogP contribution in [0.4, 0.5) is 8.78 Å². The van der Waals surface area contributed by atoms with Gasteiger partial charge in [0, 0.05) is 5.88 Å². The third-order valence-electron chi connectivity index (χ3n) is 2.88. The van der Waals surface area contributed by atoms with Crippen LogP contribution >= 0.6 is 23.2 Å². The molecule has 3 nitrogen and oxygen atoms in total. The Hall–Kier alpha value is -1.07. The molecule has 112 valence electrons. The highest BCUT2D eigenvalue weighted by atomic mass is 35.5. The second kappa shape index (κ2) is 6.59. The third kappa shape index (κ3) is 3.52. The molecule has 1 rings (SSSR count). The van der Waals surface area contributed by atoms with Crippen LogP contribution in [0.3, 0.4) is 0 Å². The van der Waals surface area contributed by atoms with Gasteiger partial charge in [0.2, 0.25) is 0 Å². The number of halogens is 4. The summed E-state index contributed by atoms with van der Waals surface area (Å²) in [6, 6.07) is 1.09. The smallest absolute Gasteiger partial charge is 0.349 e. The van der Waals surface area contributed by atoms with E-state index in [1.54, 1.807) is 6.92 Å². The topological polar surface area (TPSA) is 46.5 Å². The molecule has 0 bridgehead atoms. The lowest BCUT2D eigenvalue weighted by Crippen LogP contribution is -2.15. The summed E-state index contributed by atoms with van der Waals surface area (Å²) in [4.78, 5) is 11.6. The highest BCUT2D eigenvalue weighted by Crippen LogP contribution is 2.41. The van der Waals surface area contributed by atoms with Crippen LogP contribution in [-0.4, -0.2) is 24.1 Å². The summed E-state index contributed by atoms with van der Waals surface area (Å²) in [7, 11) is 1.04. The first-order valence-corrected chi connectivity index (χ1v) is 6.72. The van der Waals surface area contributed by atoms with Crippen LogP contribution in [0.2, 0.25) is 0 Å². The molecule has 0 saturated heterocycles. The second-order valence-electron chi connectivity index (χ2n) is 4.23. The number of aromatic hydroxyl groups is 1. The van der Waals surface area contributed by atoms with Gasteiger partial charge in [-0.15, -0.1) is 11.6 Å². The SMILES string of the molecule is COC(=O)c1c(C(F)(F)Cl)cc(C)c(CCCCl)c1O. The maximum absolute atomic E-state index is 13.4. The lowest BCUT2D eigenvalue weighted by molar-refractivity contribution is 0.0566. The van der Waals surface area contributed by atoms with Crippen LogP contribution in [0.15, 0.2) is 6.07 Å². The van der Waals surface area contributed by atoms with Gasteiger partial charge in [0.05, 0.1) is 12.7 Å². The molecule has 0 heterocycles. The molecule has 0 spiro atoms. The van der Waals surface area contributed by atoms with Crippen molar-refractivity contribution in [1.82, 2.24) is 0 Å². The van der Waals surface area contributed by atoms with Crippen LogP contribution in [0.1, 0.15) is 33.5 Å². The molecule has 0 atom stereocenters. The third-order valence-corrected chi connectivity index (χ3v) is 3.36. The maximum atomic E-state index is 13.4. The van der Waals surface area contributed by atoms with Gasteiger partial charge in [-0.2, -0.15) is 8.78 Å². The van der Waals surface area contributed by atoms with Crippen molar-refractivity contribution < 1.29 is 23.4 Å². The molecule has 0 aliphatic heterocycles. The first-order valence-electron chi connectivity index (χ1n) is 5.81. The fourth-order valence-electron chi connectivity index (χ4n) is 1.93. The van der Waals surface area contributed by atoms with E-state index in [0.717, 1.165) is 13.2 Å². The average Bonchev–Trinajstić information content (AvgIpc) is 2.36. The number of ether oxygens (including phenoxy) is 1. The molecule has 0 radical (unpaired) electrons. The number of hydrogen-bond acceptors (Lipinski definition) is 3. The molecule has 20 heavy (non-hydrogen) atoms. The average molecular weight is 327 g/mol. The van der Waals surface area contributed by atoms with Crippen molar-refractivity contribution in [2.45, 2.75) is 25.1 Å². The number of methoxy groups -OCH3 is 1. The largest absolute Gasteiger partial charge is 0.507 e. The molecule has 1 aromatic rings. The van der Waals surface area contributed by atoms with Crippen molar-refractivity contribution in [3.63, 3.8) is 0 Å². The zero-order valence-electron chi connectivity index (χ0n) is 11.0. The molecule has 1 aromatic carbocycles. The lowest BCUT2D eigenvalue weighted by atomic mass is 9.94. The van der Waals surface area contributed by atoms with Gasteiger partial charge in [0.25, 0.3) is 0 Å². The summed E-state index contributed by atoms with van der Waals surface area (Å²) in [6.07, 6.45) is 0.895. The minimum Gasteiger partial charge on any atom is -0.507 e. The Balaban J connectivity index is 3.53. The lowest BCUT2D eigenvalue weighted by Gasteiger charge is -2.18. The van der Waals surface area contributed by atoms with Crippen molar-refractivity contribution in [2.24, 2.45) is 0 Å². The number of alkyl halides is 4. The summed E-state index contributed by atoms with van der Waals surface area (Å²) in [6.45, 7) is 1.55. The minimum absolute atomic E-state index is 0.347. The normalized spacial score (nSPS) is 11.5. The highest BCUT2D eigenvalue weighted by Gasteiger charge is 2.36. The number of rotatable bonds is 5. The Morgan fingerprint density at radius 1 is 1.50 bits per heavy atom. The zero-order chi connectivity index (χ0) is 15.5. The molecule has 1 N–H and O–H groups in total. The van der Waals surface area contributed by atoms with Crippen molar-refractivity contribution in [1.29, 1.82) is 0 Å². The quantitative estimate of drug-likeness (QED) is 0.658. The molecular formula is C13H14Cl2F2O3. The van der Waals surface area contributed by atoms with Gasteiger partial charge >= 0.3 is 11.4 Å². The van der Waals surface area contributed by atoms with Crippen molar-refractivity contribution in [2.75, 3.05) is 13.0 Å².